The van der Waals surface area contributed by atoms with Gasteiger partial charge in [0.05, 0.1) is 5.75 Å². The van der Waals surface area contributed by atoms with E-state index in [4.69, 9.17) is 0 Å². The molecule has 128 valence electrons. The average Bonchev–Trinajstić information content (AvgIpc) is 2.93. The Hall–Kier alpha value is -1.24. The van der Waals surface area contributed by atoms with Crippen molar-refractivity contribution >= 4 is 17.7 Å². The number of hydrogen-bond acceptors (Lipinski definition) is 4. The van der Waals surface area contributed by atoms with Gasteiger partial charge in [-0.1, -0.05) is 37.9 Å². The average molecular weight is 338 g/mol. The summed E-state index contributed by atoms with van der Waals surface area (Å²) in [5.74, 6) is 2.08. The standard InChI is InChI=1S/C16H26N4O2S/c1-2-8-20-15(22)17-18-16(20)23-11-14(21)19-9-7-12-5-3-4-6-13(12)10-19/h12-13H,2-11H2,1H3,(H,17,22)/t12-,13-/m1/s1. The van der Waals surface area contributed by atoms with Gasteiger partial charge in [-0.3, -0.25) is 9.36 Å². The molecule has 0 aromatic carbocycles. The molecule has 0 bridgehead atoms. The highest BCUT2D eigenvalue weighted by atomic mass is 32.2. The third kappa shape index (κ3) is 3.82. The molecule has 2 aliphatic rings. The molecule has 23 heavy (non-hydrogen) atoms. The molecular formula is C16H26N4O2S. The molecule has 1 aliphatic carbocycles. The van der Waals surface area contributed by atoms with Gasteiger partial charge in [-0.05, 0) is 31.1 Å². The zero-order chi connectivity index (χ0) is 16.2. The van der Waals surface area contributed by atoms with E-state index < -0.39 is 0 Å². The third-order valence-corrected chi connectivity index (χ3v) is 6.10. The van der Waals surface area contributed by atoms with Gasteiger partial charge in [0.15, 0.2) is 5.16 Å². The van der Waals surface area contributed by atoms with E-state index in [1.165, 1.54) is 37.4 Å². The normalized spacial score (nSPS) is 24.5. The van der Waals surface area contributed by atoms with Crippen molar-refractivity contribution in [1.82, 2.24) is 19.7 Å². The van der Waals surface area contributed by atoms with Crippen LogP contribution in [0.1, 0.15) is 45.4 Å². The Morgan fingerprint density at radius 3 is 2.87 bits per heavy atom. The number of H-pyrrole nitrogens is 1. The number of aromatic amines is 1. The van der Waals surface area contributed by atoms with Crippen LogP contribution in [0.5, 0.6) is 0 Å². The fourth-order valence-corrected chi connectivity index (χ4v) is 4.75. The van der Waals surface area contributed by atoms with Crippen molar-refractivity contribution in [3.8, 4) is 0 Å². The van der Waals surface area contributed by atoms with E-state index in [0.29, 0.717) is 23.4 Å². The lowest BCUT2D eigenvalue weighted by molar-refractivity contribution is -0.131. The molecule has 1 aromatic rings. The van der Waals surface area contributed by atoms with Crippen LogP contribution < -0.4 is 5.69 Å². The van der Waals surface area contributed by atoms with Gasteiger partial charge < -0.3 is 4.90 Å². The second kappa shape index (κ2) is 7.55. The lowest BCUT2D eigenvalue weighted by Gasteiger charge is -2.41. The zero-order valence-corrected chi connectivity index (χ0v) is 14.6. The van der Waals surface area contributed by atoms with Crippen LogP contribution in [0, 0.1) is 11.8 Å². The molecule has 1 saturated carbocycles. The van der Waals surface area contributed by atoms with Gasteiger partial charge in [-0.2, -0.15) is 0 Å². The molecule has 1 aliphatic heterocycles. The van der Waals surface area contributed by atoms with Crippen LogP contribution >= 0.6 is 11.8 Å². The second-order valence-electron chi connectivity index (χ2n) is 6.68. The third-order valence-electron chi connectivity index (χ3n) is 5.14. The van der Waals surface area contributed by atoms with Gasteiger partial charge in [-0.15, -0.1) is 5.10 Å². The number of rotatable bonds is 5. The molecule has 0 radical (unpaired) electrons. The second-order valence-corrected chi connectivity index (χ2v) is 7.63. The van der Waals surface area contributed by atoms with Gasteiger partial charge in [0.2, 0.25) is 5.91 Å². The fraction of sp³-hybridized carbons (Fsp3) is 0.812. The maximum atomic E-state index is 12.5. The Balaban J connectivity index is 1.54. The summed E-state index contributed by atoms with van der Waals surface area (Å²) in [6.45, 7) is 4.47. The van der Waals surface area contributed by atoms with Gasteiger partial charge in [0, 0.05) is 19.6 Å². The summed E-state index contributed by atoms with van der Waals surface area (Å²) in [6, 6.07) is 0. The van der Waals surface area contributed by atoms with E-state index >= 15 is 0 Å². The minimum absolute atomic E-state index is 0.178. The summed E-state index contributed by atoms with van der Waals surface area (Å²) in [6.07, 6.45) is 7.32. The Morgan fingerprint density at radius 2 is 2.09 bits per heavy atom. The molecule has 1 N–H and O–H groups in total. The molecule has 6 nitrogen and oxygen atoms in total. The number of piperidine rings is 1. The number of fused-ring (bicyclic) bond motifs is 1. The number of likely N-dealkylation sites (tertiary alicyclic amines) is 1. The van der Waals surface area contributed by atoms with E-state index in [9.17, 15) is 9.59 Å². The molecule has 0 spiro atoms. The van der Waals surface area contributed by atoms with Crippen LogP contribution in [-0.4, -0.2) is 44.4 Å². The highest BCUT2D eigenvalue weighted by Gasteiger charge is 2.32. The lowest BCUT2D eigenvalue weighted by atomic mass is 9.75. The van der Waals surface area contributed by atoms with Gasteiger partial charge >= 0.3 is 5.69 Å². The SMILES string of the molecule is CCCn1c(SCC(=O)N2CC[C@H]3CCCC[C@@H]3C2)n[nH]c1=O. The summed E-state index contributed by atoms with van der Waals surface area (Å²) >= 11 is 1.37. The van der Waals surface area contributed by atoms with E-state index in [-0.39, 0.29) is 11.6 Å². The Kier molecular flexibility index (Phi) is 5.46. The number of nitrogens with zero attached hydrogens (tertiary/aromatic N) is 3. The molecule has 7 heteroatoms. The molecule has 0 unspecified atom stereocenters. The number of carbonyl (C=O) groups is 1. The quantitative estimate of drug-likeness (QED) is 0.835. The summed E-state index contributed by atoms with van der Waals surface area (Å²) in [5.41, 5.74) is -0.190. The number of nitrogens with one attached hydrogen (secondary N) is 1. The predicted octanol–water partition coefficient (Wildman–Crippen LogP) is 2.11. The van der Waals surface area contributed by atoms with Crippen LogP contribution in [0.25, 0.3) is 0 Å². The van der Waals surface area contributed by atoms with Crippen molar-refractivity contribution in [2.45, 2.75) is 57.1 Å². The van der Waals surface area contributed by atoms with Crippen molar-refractivity contribution in [3.05, 3.63) is 10.5 Å². The highest BCUT2D eigenvalue weighted by molar-refractivity contribution is 7.99. The first-order valence-corrected chi connectivity index (χ1v) is 9.73. The summed E-state index contributed by atoms with van der Waals surface area (Å²) in [5, 5.41) is 7.13. The van der Waals surface area contributed by atoms with E-state index in [2.05, 4.69) is 10.2 Å². The van der Waals surface area contributed by atoms with E-state index in [1.807, 2.05) is 11.8 Å². The Bertz CT molecular complexity index is 597. The molecule has 2 fully saturated rings. The number of aromatic nitrogens is 3. The van der Waals surface area contributed by atoms with Crippen LogP contribution in [0.3, 0.4) is 0 Å². The first-order chi connectivity index (χ1) is 11.2. The van der Waals surface area contributed by atoms with Crippen LogP contribution in [0.4, 0.5) is 0 Å². The number of carbonyl (C=O) groups excluding carboxylic acids is 1. The first kappa shape index (κ1) is 16.6. The molecular weight excluding hydrogens is 312 g/mol. The zero-order valence-electron chi connectivity index (χ0n) is 13.8. The fourth-order valence-electron chi connectivity index (χ4n) is 3.88. The maximum Gasteiger partial charge on any atom is 0.343 e. The molecule has 1 amide bonds. The van der Waals surface area contributed by atoms with Crippen LogP contribution in [0.15, 0.2) is 9.95 Å². The van der Waals surface area contributed by atoms with Crippen LogP contribution in [0.2, 0.25) is 0 Å². The topological polar surface area (TPSA) is 71.0 Å². The highest BCUT2D eigenvalue weighted by Crippen LogP contribution is 2.36. The lowest BCUT2D eigenvalue weighted by Crippen LogP contribution is -2.45. The molecule has 3 rings (SSSR count). The molecule has 1 saturated heterocycles. The summed E-state index contributed by atoms with van der Waals surface area (Å²) in [7, 11) is 0. The van der Waals surface area contributed by atoms with E-state index in [0.717, 1.165) is 31.8 Å². The monoisotopic (exact) mass is 338 g/mol. The largest absolute Gasteiger partial charge is 0.343 e. The van der Waals surface area contributed by atoms with Gasteiger partial charge in [-0.25, -0.2) is 9.89 Å². The molecule has 1 aromatic heterocycles. The molecule has 2 atom stereocenters. The van der Waals surface area contributed by atoms with Crippen molar-refractivity contribution in [2.24, 2.45) is 11.8 Å². The van der Waals surface area contributed by atoms with Gasteiger partial charge in [0.1, 0.15) is 0 Å². The smallest absolute Gasteiger partial charge is 0.342 e. The number of amides is 1. The number of thioether (sulfide) groups is 1. The Labute approximate surface area is 141 Å². The number of hydrogen-bond donors (Lipinski definition) is 1. The molecule has 2 heterocycles. The van der Waals surface area contributed by atoms with Crippen molar-refractivity contribution in [2.75, 3.05) is 18.8 Å². The van der Waals surface area contributed by atoms with Crippen LogP contribution in [-0.2, 0) is 11.3 Å². The maximum absolute atomic E-state index is 12.5. The van der Waals surface area contributed by atoms with E-state index in [1.54, 1.807) is 4.57 Å². The van der Waals surface area contributed by atoms with Crippen molar-refractivity contribution < 1.29 is 4.79 Å². The predicted molar refractivity (Wildman–Crippen MR) is 90.5 cm³/mol. The van der Waals surface area contributed by atoms with Crippen molar-refractivity contribution in [3.63, 3.8) is 0 Å². The minimum Gasteiger partial charge on any atom is -0.342 e. The first-order valence-electron chi connectivity index (χ1n) is 8.74. The summed E-state index contributed by atoms with van der Waals surface area (Å²) in [4.78, 5) is 26.2. The Morgan fingerprint density at radius 1 is 1.30 bits per heavy atom. The van der Waals surface area contributed by atoms with Crippen molar-refractivity contribution in [1.29, 1.82) is 0 Å². The minimum atomic E-state index is -0.190. The summed E-state index contributed by atoms with van der Waals surface area (Å²) < 4.78 is 1.62. The van der Waals surface area contributed by atoms with Gasteiger partial charge in [0.25, 0.3) is 0 Å².